The highest BCUT2D eigenvalue weighted by molar-refractivity contribution is 7.90. The molecule has 3 aromatic rings. The topological polar surface area (TPSA) is 127 Å². The van der Waals surface area contributed by atoms with Crippen LogP contribution in [0.2, 0.25) is 5.02 Å². The zero-order chi connectivity index (χ0) is 23.4. The second-order valence-electron chi connectivity index (χ2n) is 7.01. The average molecular weight is 497 g/mol. The number of rotatable bonds is 9. The number of sulfonamides is 1. The second-order valence-corrected chi connectivity index (χ2v) is 11.4. The minimum absolute atomic E-state index is 0.0382. The predicted molar refractivity (Wildman–Crippen MR) is 122 cm³/mol. The number of aromatic nitrogens is 2. The lowest BCUT2D eigenvalue weighted by Crippen LogP contribution is -2.44. The molecule has 170 valence electrons. The fraction of sp³-hybridized carbons (Fsp3) is 0.200. The summed E-state index contributed by atoms with van der Waals surface area (Å²) in [5, 5.41) is 6.99. The Balaban J connectivity index is 1.81. The van der Waals surface area contributed by atoms with Gasteiger partial charge in [0.15, 0.2) is 0 Å². The van der Waals surface area contributed by atoms with E-state index in [1.807, 2.05) is 0 Å². The number of carbonyl (C=O) groups is 1. The molecule has 1 atom stereocenters. The molecule has 9 nitrogen and oxygen atoms in total. The van der Waals surface area contributed by atoms with Gasteiger partial charge in [0.25, 0.3) is 0 Å². The van der Waals surface area contributed by atoms with Crippen molar-refractivity contribution in [3.8, 4) is 5.69 Å². The molecule has 32 heavy (non-hydrogen) atoms. The number of amides is 1. The van der Waals surface area contributed by atoms with Crippen LogP contribution in [0.15, 0.2) is 71.9 Å². The molecule has 1 unspecified atom stereocenters. The molecule has 0 fully saturated rings. The Morgan fingerprint density at radius 1 is 1.09 bits per heavy atom. The standard InChI is InChI=1S/C20H21ClN4O5S2/c1-31(27,28)13-10-18(24-32(29,30)16-6-3-2-4-7-16)20(26)23-15-8-9-19(17(21)14-15)25-12-5-11-22-25/h2-9,11-12,14,18,24H,10,13H2,1H3,(H,23,26). The van der Waals surface area contributed by atoms with Gasteiger partial charge >= 0.3 is 0 Å². The van der Waals surface area contributed by atoms with Crippen molar-refractivity contribution in [2.24, 2.45) is 0 Å². The van der Waals surface area contributed by atoms with Gasteiger partial charge in [0, 0.05) is 24.3 Å². The largest absolute Gasteiger partial charge is 0.325 e. The van der Waals surface area contributed by atoms with Crippen LogP contribution in [-0.4, -0.2) is 50.6 Å². The van der Waals surface area contributed by atoms with Crippen LogP contribution in [0.4, 0.5) is 5.69 Å². The number of sulfone groups is 1. The summed E-state index contributed by atoms with van der Waals surface area (Å²) in [6, 6.07) is 12.6. The zero-order valence-electron chi connectivity index (χ0n) is 17.0. The number of hydrogen-bond acceptors (Lipinski definition) is 6. The van der Waals surface area contributed by atoms with Crippen LogP contribution >= 0.6 is 11.6 Å². The molecular weight excluding hydrogens is 476 g/mol. The van der Waals surface area contributed by atoms with Gasteiger partial charge in [-0.25, -0.2) is 21.5 Å². The smallest absolute Gasteiger partial charge is 0.242 e. The molecule has 0 aliphatic heterocycles. The van der Waals surface area contributed by atoms with E-state index in [1.54, 1.807) is 53.5 Å². The molecule has 0 bridgehead atoms. The first kappa shape index (κ1) is 23.9. The Labute approximate surface area is 191 Å². The third kappa shape index (κ3) is 6.39. The molecule has 0 spiro atoms. The molecule has 12 heteroatoms. The minimum Gasteiger partial charge on any atom is -0.325 e. The second kappa shape index (κ2) is 9.82. The highest BCUT2D eigenvalue weighted by atomic mass is 35.5. The molecular formula is C20H21ClN4O5S2. The van der Waals surface area contributed by atoms with Gasteiger partial charge < -0.3 is 5.32 Å². The van der Waals surface area contributed by atoms with Crippen molar-refractivity contribution < 1.29 is 21.6 Å². The normalized spacial score (nSPS) is 12.9. The van der Waals surface area contributed by atoms with E-state index in [0.717, 1.165) is 6.26 Å². The van der Waals surface area contributed by atoms with E-state index in [2.05, 4.69) is 15.1 Å². The molecule has 2 aromatic carbocycles. The lowest BCUT2D eigenvalue weighted by molar-refractivity contribution is -0.117. The van der Waals surface area contributed by atoms with Gasteiger partial charge in [-0.2, -0.15) is 9.82 Å². The Bertz CT molecular complexity index is 1300. The summed E-state index contributed by atoms with van der Waals surface area (Å²) in [5.41, 5.74) is 0.909. The van der Waals surface area contributed by atoms with Gasteiger partial charge in [-0.15, -0.1) is 0 Å². The molecule has 0 aliphatic rings. The van der Waals surface area contributed by atoms with Crippen molar-refractivity contribution in [1.29, 1.82) is 0 Å². The summed E-state index contributed by atoms with van der Waals surface area (Å²) < 4.78 is 52.4. The monoisotopic (exact) mass is 496 g/mol. The first-order valence-corrected chi connectivity index (χ1v) is 13.3. The van der Waals surface area contributed by atoms with Gasteiger partial charge in [-0.3, -0.25) is 4.79 Å². The molecule has 0 aliphatic carbocycles. The summed E-state index contributed by atoms with van der Waals surface area (Å²) in [6.45, 7) is 0. The number of nitrogens with zero attached hydrogens (tertiary/aromatic N) is 2. The number of halogens is 1. The maximum absolute atomic E-state index is 12.9. The zero-order valence-corrected chi connectivity index (χ0v) is 19.4. The number of hydrogen-bond donors (Lipinski definition) is 2. The first-order valence-electron chi connectivity index (χ1n) is 9.41. The van der Waals surface area contributed by atoms with Crippen molar-refractivity contribution in [1.82, 2.24) is 14.5 Å². The van der Waals surface area contributed by atoms with Gasteiger partial charge in [0.05, 0.1) is 21.4 Å². The van der Waals surface area contributed by atoms with E-state index in [-0.39, 0.29) is 17.1 Å². The summed E-state index contributed by atoms with van der Waals surface area (Å²) in [4.78, 5) is 12.8. The van der Waals surface area contributed by atoms with Gasteiger partial charge in [0.1, 0.15) is 15.9 Å². The molecule has 3 rings (SSSR count). The molecule has 2 N–H and O–H groups in total. The van der Waals surface area contributed by atoms with Crippen LogP contribution in [0.1, 0.15) is 6.42 Å². The van der Waals surface area contributed by atoms with Crippen molar-refractivity contribution in [3.63, 3.8) is 0 Å². The van der Waals surface area contributed by atoms with E-state index in [1.165, 1.54) is 18.2 Å². The third-order valence-corrected chi connectivity index (χ3v) is 7.18. The summed E-state index contributed by atoms with van der Waals surface area (Å²) in [6.07, 6.45) is 4.08. The van der Waals surface area contributed by atoms with E-state index >= 15 is 0 Å². The number of nitrogens with one attached hydrogen (secondary N) is 2. The van der Waals surface area contributed by atoms with Gasteiger partial charge in [-0.05, 0) is 42.8 Å². The van der Waals surface area contributed by atoms with Crippen LogP contribution < -0.4 is 10.0 Å². The average Bonchev–Trinajstić information content (AvgIpc) is 3.25. The fourth-order valence-electron chi connectivity index (χ4n) is 2.84. The highest BCUT2D eigenvalue weighted by Gasteiger charge is 2.27. The quantitative estimate of drug-likeness (QED) is 0.467. The van der Waals surface area contributed by atoms with Crippen molar-refractivity contribution in [2.75, 3.05) is 17.3 Å². The number of anilines is 1. The van der Waals surface area contributed by atoms with E-state index in [9.17, 15) is 21.6 Å². The van der Waals surface area contributed by atoms with Crippen molar-refractivity contribution >= 4 is 43.1 Å². The first-order chi connectivity index (χ1) is 15.0. The van der Waals surface area contributed by atoms with E-state index < -0.39 is 31.8 Å². The van der Waals surface area contributed by atoms with Crippen molar-refractivity contribution in [3.05, 3.63) is 72.0 Å². The number of carbonyl (C=O) groups excluding carboxylic acids is 1. The number of benzene rings is 2. The van der Waals surface area contributed by atoms with Crippen LogP contribution in [0.5, 0.6) is 0 Å². The Morgan fingerprint density at radius 2 is 1.81 bits per heavy atom. The molecule has 1 heterocycles. The van der Waals surface area contributed by atoms with E-state index in [4.69, 9.17) is 11.6 Å². The minimum atomic E-state index is -4.05. The highest BCUT2D eigenvalue weighted by Crippen LogP contribution is 2.24. The summed E-state index contributed by atoms with van der Waals surface area (Å²) >= 11 is 6.29. The predicted octanol–water partition coefficient (Wildman–Crippen LogP) is 2.25. The van der Waals surface area contributed by atoms with Gasteiger partial charge in [-0.1, -0.05) is 29.8 Å². The Hall–Kier alpha value is -2.73. The van der Waals surface area contributed by atoms with Crippen LogP contribution in [0, 0.1) is 0 Å². The molecule has 0 saturated heterocycles. The van der Waals surface area contributed by atoms with E-state index in [0.29, 0.717) is 16.4 Å². The lowest BCUT2D eigenvalue weighted by atomic mass is 10.2. The Kier molecular flexibility index (Phi) is 7.34. The molecule has 1 amide bonds. The maximum atomic E-state index is 12.9. The summed E-state index contributed by atoms with van der Waals surface area (Å²) in [5.74, 6) is -1.09. The van der Waals surface area contributed by atoms with Crippen LogP contribution in [0.3, 0.4) is 0 Å². The molecule has 1 aromatic heterocycles. The van der Waals surface area contributed by atoms with Gasteiger partial charge in [0.2, 0.25) is 15.9 Å². The summed E-state index contributed by atoms with van der Waals surface area (Å²) in [7, 11) is -7.48. The molecule has 0 radical (unpaired) electrons. The molecule has 0 saturated carbocycles. The SMILES string of the molecule is CS(=O)(=O)CCC(NS(=O)(=O)c1ccccc1)C(=O)Nc1ccc(-n2cccn2)c(Cl)c1. The van der Waals surface area contributed by atoms with Crippen LogP contribution in [0.25, 0.3) is 5.69 Å². The maximum Gasteiger partial charge on any atom is 0.242 e. The Morgan fingerprint density at radius 3 is 2.41 bits per heavy atom. The van der Waals surface area contributed by atoms with Crippen molar-refractivity contribution in [2.45, 2.75) is 17.4 Å². The lowest BCUT2D eigenvalue weighted by Gasteiger charge is -2.19. The third-order valence-electron chi connectivity index (χ3n) is 4.41. The van der Waals surface area contributed by atoms with Crippen LogP contribution in [-0.2, 0) is 24.7 Å². The fourth-order valence-corrected chi connectivity index (χ4v) is 5.02.